The average Bonchev–Trinajstić information content (AvgIpc) is 3.43. The molecule has 0 saturated heterocycles. The Kier molecular flexibility index (Phi) is 8.70. The number of halogens is 2. The number of Topliss-reactive ketones (excluding diaryl/α,β-unsaturated/α-hetero) is 1. The Labute approximate surface area is 195 Å². The smallest absolute Gasteiger partial charge is 0.234 e. The highest BCUT2D eigenvalue weighted by atomic mass is 35.5. The third-order valence-corrected chi connectivity index (χ3v) is 4.94. The number of ketones is 1. The summed E-state index contributed by atoms with van der Waals surface area (Å²) in [5.74, 6) is -0.270. The zero-order chi connectivity index (χ0) is 23.8. The van der Waals surface area contributed by atoms with Crippen LogP contribution >= 0.6 is 11.6 Å². The summed E-state index contributed by atoms with van der Waals surface area (Å²) < 4.78 is 23.6. The first-order valence-corrected chi connectivity index (χ1v) is 10.7. The lowest BCUT2D eigenvalue weighted by Gasteiger charge is -2.19. The first kappa shape index (κ1) is 24.6. The number of likely N-dealkylation sites (N-methyl/N-ethyl adjacent to an activating group) is 1. The second-order valence-electron chi connectivity index (χ2n) is 7.64. The van der Waals surface area contributed by atoms with Crippen LogP contribution in [0.3, 0.4) is 0 Å². The maximum absolute atomic E-state index is 13.2. The van der Waals surface area contributed by atoms with E-state index in [1.54, 1.807) is 31.1 Å². The quantitative estimate of drug-likeness (QED) is 0.304. The zero-order valence-electron chi connectivity index (χ0n) is 18.3. The van der Waals surface area contributed by atoms with Gasteiger partial charge in [0, 0.05) is 24.7 Å². The minimum Gasteiger partial charge on any atom is -0.379 e. The van der Waals surface area contributed by atoms with Gasteiger partial charge in [-0.2, -0.15) is 0 Å². The van der Waals surface area contributed by atoms with Crippen molar-refractivity contribution in [2.24, 2.45) is 0 Å². The van der Waals surface area contributed by atoms with Gasteiger partial charge in [-0.3, -0.25) is 9.59 Å². The Balaban J connectivity index is 1.64. The molecule has 0 unspecified atom stereocenters. The number of rotatable bonds is 12. The number of hydrogen-bond donors (Lipinski definition) is 2. The fourth-order valence-corrected chi connectivity index (χ4v) is 3.35. The van der Waals surface area contributed by atoms with Crippen LogP contribution in [0.2, 0.25) is 5.15 Å². The molecule has 11 heteroatoms. The van der Waals surface area contributed by atoms with Crippen molar-refractivity contribution in [3.8, 4) is 11.4 Å². The third kappa shape index (κ3) is 7.21. The minimum absolute atomic E-state index is 0.113. The SMILES string of the molecule is CN(C)CC(=O)N[C@@H](COCCCC(=O)c1ccon1)c1[nH]c(-c2ccc(F)cc2)nc1Cl. The van der Waals surface area contributed by atoms with E-state index in [1.165, 1.54) is 24.5 Å². The Bertz CT molecular complexity index is 1050. The van der Waals surface area contributed by atoms with E-state index in [4.69, 9.17) is 16.3 Å². The molecule has 0 aliphatic heterocycles. The summed E-state index contributed by atoms with van der Waals surface area (Å²) in [6, 6.07) is 6.72. The lowest BCUT2D eigenvalue weighted by Crippen LogP contribution is -2.38. The van der Waals surface area contributed by atoms with E-state index in [1.807, 2.05) is 0 Å². The Morgan fingerprint density at radius 1 is 1.27 bits per heavy atom. The highest BCUT2D eigenvalue weighted by Gasteiger charge is 2.22. The molecule has 0 fully saturated rings. The van der Waals surface area contributed by atoms with E-state index in [9.17, 15) is 14.0 Å². The maximum Gasteiger partial charge on any atom is 0.234 e. The number of amides is 1. The lowest BCUT2D eigenvalue weighted by molar-refractivity contribution is -0.123. The van der Waals surface area contributed by atoms with Crippen molar-refractivity contribution in [2.45, 2.75) is 18.9 Å². The number of nitrogens with one attached hydrogen (secondary N) is 2. The van der Waals surface area contributed by atoms with Crippen LogP contribution in [-0.4, -0.2) is 65.6 Å². The van der Waals surface area contributed by atoms with Gasteiger partial charge in [0.05, 0.1) is 24.9 Å². The fourth-order valence-electron chi connectivity index (χ4n) is 3.09. The van der Waals surface area contributed by atoms with Gasteiger partial charge in [-0.25, -0.2) is 9.37 Å². The topological polar surface area (TPSA) is 113 Å². The number of benzene rings is 1. The van der Waals surface area contributed by atoms with E-state index in [-0.39, 0.29) is 47.9 Å². The number of nitrogens with zero attached hydrogens (tertiary/aromatic N) is 3. The average molecular weight is 478 g/mol. The molecule has 0 aliphatic carbocycles. The van der Waals surface area contributed by atoms with Gasteiger partial charge in [0.2, 0.25) is 5.91 Å². The standard InChI is InChI=1S/C22H25ClFN5O4/c1-29(2)12-19(31)25-17(13-32-10-3-4-18(30)16-9-11-33-28-16)20-21(23)27-22(26-20)14-5-7-15(24)8-6-14/h5-9,11,17H,3-4,10,12-13H2,1-2H3,(H,25,31)(H,26,27)/t17-/m0/s1. The van der Waals surface area contributed by atoms with Gasteiger partial charge in [-0.15, -0.1) is 0 Å². The third-order valence-electron chi connectivity index (χ3n) is 4.65. The van der Waals surface area contributed by atoms with Gasteiger partial charge in [-0.05, 0) is 44.8 Å². The molecule has 0 bridgehead atoms. The highest BCUT2D eigenvalue weighted by Crippen LogP contribution is 2.26. The first-order valence-electron chi connectivity index (χ1n) is 10.3. The van der Waals surface area contributed by atoms with Crippen molar-refractivity contribution in [1.82, 2.24) is 25.3 Å². The van der Waals surface area contributed by atoms with Crippen molar-refractivity contribution < 1.29 is 23.2 Å². The van der Waals surface area contributed by atoms with E-state index in [2.05, 4.69) is 25.0 Å². The molecule has 176 valence electrons. The number of imidazole rings is 1. The number of hydrogen-bond acceptors (Lipinski definition) is 7. The largest absolute Gasteiger partial charge is 0.379 e. The van der Waals surface area contributed by atoms with Gasteiger partial charge >= 0.3 is 0 Å². The molecule has 1 amide bonds. The zero-order valence-corrected chi connectivity index (χ0v) is 19.1. The molecule has 1 aromatic carbocycles. The minimum atomic E-state index is -0.599. The van der Waals surface area contributed by atoms with Gasteiger partial charge in [0.15, 0.2) is 10.9 Å². The molecule has 9 nitrogen and oxygen atoms in total. The van der Waals surface area contributed by atoms with Crippen LogP contribution in [0.15, 0.2) is 41.1 Å². The molecular weight excluding hydrogens is 453 g/mol. The summed E-state index contributed by atoms with van der Waals surface area (Å²) in [4.78, 5) is 33.5. The van der Waals surface area contributed by atoms with Crippen LogP contribution in [0.5, 0.6) is 0 Å². The Morgan fingerprint density at radius 2 is 2.03 bits per heavy atom. The Hall–Kier alpha value is -3.08. The molecule has 2 aromatic heterocycles. The summed E-state index contributed by atoms with van der Waals surface area (Å²) in [6.07, 6.45) is 2.07. The van der Waals surface area contributed by atoms with Crippen molar-refractivity contribution >= 4 is 23.3 Å². The number of carbonyl (C=O) groups excluding carboxylic acids is 2. The van der Waals surface area contributed by atoms with E-state index >= 15 is 0 Å². The monoisotopic (exact) mass is 477 g/mol. The van der Waals surface area contributed by atoms with Crippen molar-refractivity contribution in [1.29, 1.82) is 0 Å². The van der Waals surface area contributed by atoms with Crippen LogP contribution in [-0.2, 0) is 9.53 Å². The molecule has 2 N–H and O–H groups in total. The summed E-state index contributed by atoms with van der Waals surface area (Å²) in [5, 5.41) is 6.68. The van der Waals surface area contributed by atoms with E-state index < -0.39 is 6.04 Å². The molecule has 3 rings (SSSR count). The first-order chi connectivity index (χ1) is 15.8. The van der Waals surface area contributed by atoms with Crippen LogP contribution in [0.4, 0.5) is 4.39 Å². The Morgan fingerprint density at radius 3 is 2.70 bits per heavy atom. The van der Waals surface area contributed by atoms with Gasteiger partial charge in [0.25, 0.3) is 0 Å². The predicted molar refractivity (Wildman–Crippen MR) is 119 cm³/mol. The summed E-state index contributed by atoms with van der Waals surface area (Å²) in [7, 11) is 3.57. The molecule has 0 aliphatic rings. The molecule has 0 radical (unpaired) electrons. The second kappa shape index (κ2) is 11.7. The highest BCUT2D eigenvalue weighted by molar-refractivity contribution is 6.30. The van der Waals surface area contributed by atoms with Crippen LogP contribution in [0, 0.1) is 5.82 Å². The molecular formula is C22H25ClFN5O4. The van der Waals surface area contributed by atoms with E-state index in [0.29, 0.717) is 30.1 Å². The van der Waals surface area contributed by atoms with Gasteiger partial charge < -0.3 is 24.5 Å². The number of aromatic amines is 1. The summed E-state index contributed by atoms with van der Waals surface area (Å²) in [6.45, 7) is 0.585. The maximum atomic E-state index is 13.2. The van der Waals surface area contributed by atoms with Crippen LogP contribution < -0.4 is 5.32 Å². The van der Waals surface area contributed by atoms with Crippen LogP contribution in [0.1, 0.15) is 35.1 Å². The molecule has 0 saturated carbocycles. The fraction of sp³-hybridized carbons (Fsp3) is 0.364. The molecule has 33 heavy (non-hydrogen) atoms. The normalized spacial score (nSPS) is 12.2. The predicted octanol–water partition coefficient (Wildman–Crippen LogP) is 3.26. The molecule has 0 spiro atoms. The van der Waals surface area contributed by atoms with Gasteiger partial charge in [-0.1, -0.05) is 16.8 Å². The van der Waals surface area contributed by atoms with Crippen molar-refractivity contribution in [3.05, 3.63) is 59.0 Å². The molecule has 1 atom stereocenters. The second-order valence-corrected chi connectivity index (χ2v) is 8.00. The lowest BCUT2D eigenvalue weighted by atomic mass is 10.2. The van der Waals surface area contributed by atoms with Gasteiger partial charge in [0.1, 0.15) is 23.6 Å². The number of carbonyl (C=O) groups is 2. The summed E-state index contributed by atoms with van der Waals surface area (Å²) in [5.41, 5.74) is 1.40. The van der Waals surface area contributed by atoms with Crippen molar-refractivity contribution in [2.75, 3.05) is 33.9 Å². The summed E-state index contributed by atoms with van der Waals surface area (Å²) >= 11 is 6.35. The molecule has 3 aromatic rings. The number of H-pyrrole nitrogens is 1. The van der Waals surface area contributed by atoms with Crippen LogP contribution in [0.25, 0.3) is 11.4 Å². The van der Waals surface area contributed by atoms with Crippen molar-refractivity contribution in [3.63, 3.8) is 0 Å². The van der Waals surface area contributed by atoms with E-state index in [0.717, 1.165) is 0 Å². The molecule has 2 heterocycles. The number of aromatic nitrogens is 3. The number of ether oxygens (including phenoxy) is 1.